The summed E-state index contributed by atoms with van der Waals surface area (Å²) in [5, 5.41) is 15.8. The third-order valence-corrected chi connectivity index (χ3v) is 3.73. The lowest BCUT2D eigenvalue weighted by Gasteiger charge is -2.27. The zero-order valence-electron chi connectivity index (χ0n) is 11.2. The van der Waals surface area contributed by atoms with Crippen LogP contribution in [0.2, 0.25) is 0 Å². The Morgan fingerprint density at radius 1 is 1.52 bits per heavy atom. The van der Waals surface area contributed by atoms with E-state index in [1.54, 1.807) is 6.92 Å². The van der Waals surface area contributed by atoms with Crippen LogP contribution in [-0.2, 0) is 12.1 Å². The minimum atomic E-state index is -4.88. The van der Waals surface area contributed by atoms with Crippen LogP contribution < -0.4 is 5.56 Å². The van der Waals surface area contributed by atoms with E-state index in [0.29, 0.717) is 12.6 Å². The maximum absolute atomic E-state index is 13.0. The Kier molecular flexibility index (Phi) is 2.65. The predicted molar refractivity (Wildman–Crippen MR) is 64.6 cm³/mol. The van der Waals surface area contributed by atoms with Crippen molar-refractivity contribution in [1.82, 2.24) is 14.9 Å². The summed E-state index contributed by atoms with van der Waals surface area (Å²) < 4.78 is 45.5. The van der Waals surface area contributed by atoms with E-state index in [1.165, 1.54) is 10.7 Å². The summed E-state index contributed by atoms with van der Waals surface area (Å²) in [7, 11) is 0. The minimum Gasteiger partial charge on any atom is -0.375 e. The summed E-state index contributed by atoms with van der Waals surface area (Å²) in [6.45, 7) is 2.58. The van der Waals surface area contributed by atoms with Crippen molar-refractivity contribution >= 4 is 0 Å². The highest BCUT2D eigenvalue weighted by Gasteiger charge is 2.55. The van der Waals surface area contributed by atoms with Gasteiger partial charge in [-0.15, -0.1) is 0 Å². The van der Waals surface area contributed by atoms with E-state index in [1.807, 2.05) is 0 Å². The molecular formula is C12H12F3N3O3. The molecule has 0 saturated heterocycles. The van der Waals surface area contributed by atoms with E-state index >= 15 is 0 Å². The number of hydrogen-bond acceptors (Lipinski definition) is 4. The van der Waals surface area contributed by atoms with E-state index in [4.69, 9.17) is 4.52 Å². The monoisotopic (exact) mass is 303 g/mol. The van der Waals surface area contributed by atoms with E-state index < -0.39 is 23.4 Å². The van der Waals surface area contributed by atoms with Gasteiger partial charge >= 0.3 is 6.18 Å². The second-order valence-corrected chi connectivity index (χ2v) is 5.36. The van der Waals surface area contributed by atoms with Crippen molar-refractivity contribution in [2.45, 2.75) is 38.1 Å². The normalized spacial score (nSPS) is 20.8. The molecule has 3 rings (SSSR count). The second-order valence-electron chi connectivity index (χ2n) is 5.36. The van der Waals surface area contributed by atoms with Gasteiger partial charge in [0.2, 0.25) is 5.60 Å². The number of nitrogens with zero attached hydrogens (tertiary/aromatic N) is 2. The van der Waals surface area contributed by atoms with Gasteiger partial charge in [0.25, 0.3) is 5.56 Å². The quantitative estimate of drug-likeness (QED) is 0.840. The van der Waals surface area contributed by atoms with Crippen molar-refractivity contribution in [1.29, 1.82) is 0 Å². The van der Waals surface area contributed by atoms with Gasteiger partial charge in [-0.2, -0.15) is 13.2 Å². The second kappa shape index (κ2) is 4.00. The molecule has 0 aliphatic carbocycles. The lowest BCUT2D eigenvalue weighted by molar-refractivity contribution is -0.261. The van der Waals surface area contributed by atoms with E-state index in [-0.39, 0.29) is 23.4 Å². The first-order chi connectivity index (χ1) is 9.63. The number of fused-ring (bicyclic) bond motifs is 3. The summed E-state index contributed by atoms with van der Waals surface area (Å²) in [6.07, 6.45) is -4.88. The third-order valence-electron chi connectivity index (χ3n) is 3.73. The Hall–Kier alpha value is -2.03. The van der Waals surface area contributed by atoms with Crippen molar-refractivity contribution < 1.29 is 22.8 Å². The van der Waals surface area contributed by atoms with Crippen molar-refractivity contribution in [3.63, 3.8) is 0 Å². The van der Waals surface area contributed by atoms with Gasteiger partial charge in [0.05, 0.1) is 0 Å². The van der Waals surface area contributed by atoms with Gasteiger partial charge in [-0.1, -0.05) is 12.1 Å². The zero-order chi connectivity index (χ0) is 15.6. The lowest BCUT2D eigenvalue weighted by atomic mass is 9.88. The maximum atomic E-state index is 13.0. The molecule has 114 valence electrons. The lowest BCUT2D eigenvalue weighted by Crippen LogP contribution is -2.40. The molecule has 0 bridgehead atoms. The molecule has 1 aliphatic heterocycles. The van der Waals surface area contributed by atoms with E-state index in [0.717, 1.165) is 0 Å². The number of nitrogens with one attached hydrogen (secondary N) is 1. The third kappa shape index (κ3) is 1.84. The average Bonchev–Trinajstić information content (AvgIpc) is 2.90. The Morgan fingerprint density at radius 2 is 2.19 bits per heavy atom. The fourth-order valence-electron chi connectivity index (χ4n) is 2.55. The summed E-state index contributed by atoms with van der Waals surface area (Å²) >= 11 is 0. The molecule has 0 spiro atoms. The molecule has 0 radical (unpaired) electrons. The molecule has 9 heteroatoms. The van der Waals surface area contributed by atoms with Crippen LogP contribution in [0, 0.1) is 0 Å². The minimum absolute atomic E-state index is 0.0756. The van der Waals surface area contributed by atoms with Gasteiger partial charge in [0.1, 0.15) is 11.4 Å². The molecule has 0 amide bonds. The van der Waals surface area contributed by atoms with Crippen LogP contribution in [0.5, 0.6) is 0 Å². The summed E-state index contributed by atoms with van der Waals surface area (Å²) in [6, 6.07) is 1.22. The SMILES string of the molecule is CC1Cn2[nH]c(=O)cc2-c2onc(C(C)(O)C(F)(F)F)c21. The van der Waals surface area contributed by atoms with E-state index in [9.17, 15) is 23.1 Å². The highest BCUT2D eigenvalue weighted by atomic mass is 19.4. The van der Waals surface area contributed by atoms with Crippen LogP contribution in [0.15, 0.2) is 15.4 Å². The van der Waals surface area contributed by atoms with Gasteiger partial charge in [-0.3, -0.25) is 14.6 Å². The first kappa shape index (κ1) is 13.9. The topological polar surface area (TPSA) is 84.0 Å². The van der Waals surface area contributed by atoms with Crippen molar-refractivity contribution in [3.05, 3.63) is 27.7 Å². The Balaban J connectivity index is 2.23. The number of aromatic nitrogens is 3. The van der Waals surface area contributed by atoms with Gasteiger partial charge in [-0.25, -0.2) is 0 Å². The Bertz CT molecular complexity index is 754. The first-order valence-electron chi connectivity index (χ1n) is 6.22. The molecule has 0 saturated carbocycles. The number of rotatable bonds is 1. The zero-order valence-corrected chi connectivity index (χ0v) is 11.2. The summed E-state index contributed by atoms with van der Waals surface area (Å²) in [4.78, 5) is 11.4. The molecule has 2 aromatic heterocycles. The number of aromatic amines is 1. The summed E-state index contributed by atoms with van der Waals surface area (Å²) in [5.74, 6) is -0.322. The van der Waals surface area contributed by atoms with Crippen molar-refractivity contribution in [3.8, 4) is 11.5 Å². The van der Waals surface area contributed by atoms with Crippen molar-refractivity contribution in [2.24, 2.45) is 0 Å². The fraction of sp³-hybridized carbons (Fsp3) is 0.500. The Morgan fingerprint density at radius 3 is 2.81 bits per heavy atom. The number of H-pyrrole nitrogens is 1. The van der Waals surface area contributed by atoms with Crippen LogP contribution in [0.3, 0.4) is 0 Å². The highest BCUT2D eigenvalue weighted by molar-refractivity contribution is 5.61. The molecule has 0 fully saturated rings. The number of hydrogen-bond donors (Lipinski definition) is 2. The standard InChI is InChI=1S/C12H12F3N3O3/c1-5-4-18-6(3-7(19)16-18)9-8(5)10(17-21-9)11(2,20)12(13,14)15/h3,5,20H,4H2,1-2H3,(H,16,19). The molecule has 3 heterocycles. The highest BCUT2D eigenvalue weighted by Crippen LogP contribution is 2.45. The fourth-order valence-corrected chi connectivity index (χ4v) is 2.55. The van der Waals surface area contributed by atoms with Crippen LogP contribution in [0.4, 0.5) is 13.2 Å². The average molecular weight is 303 g/mol. The van der Waals surface area contributed by atoms with Gasteiger partial charge < -0.3 is 9.63 Å². The van der Waals surface area contributed by atoms with Gasteiger partial charge in [0.15, 0.2) is 5.76 Å². The van der Waals surface area contributed by atoms with E-state index in [2.05, 4.69) is 10.3 Å². The molecule has 6 nitrogen and oxygen atoms in total. The molecule has 2 atom stereocenters. The largest absolute Gasteiger partial charge is 0.422 e. The van der Waals surface area contributed by atoms with Gasteiger partial charge in [0, 0.05) is 24.1 Å². The molecule has 2 aromatic rings. The molecule has 1 aliphatic rings. The van der Waals surface area contributed by atoms with Crippen LogP contribution in [0.1, 0.15) is 31.0 Å². The van der Waals surface area contributed by atoms with Crippen LogP contribution in [0.25, 0.3) is 11.5 Å². The predicted octanol–water partition coefficient (Wildman–Crippen LogP) is 1.72. The molecule has 21 heavy (non-hydrogen) atoms. The number of aliphatic hydroxyl groups is 1. The van der Waals surface area contributed by atoms with Crippen LogP contribution >= 0.6 is 0 Å². The maximum Gasteiger partial charge on any atom is 0.422 e. The van der Waals surface area contributed by atoms with Crippen LogP contribution in [-0.4, -0.2) is 26.2 Å². The number of halogens is 3. The summed E-state index contributed by atoms with van der Waals surface area (Å²) in [5.41, 5.74) is -3.55. The smallest absolute Gasteiger partial charge is 0.375 e. The number of alkyl halides is 3. The van der Waals surface area contributed by atoms with Gasteiger partial charge in [-0.05, 0) is 6.92 Å². The molecule has 2 N–H and O–H groups in total. The molecular weight excluding hydrogens is 291 g/mol. The first-order valence-corrected chi connectivity index (χ1v) is 6.22. The molecule has 0 aromatic carbocycles. The van der Waals surface area contributed by atoms with Crippen molar-refractivity contribution in [2.75, 3.05) is 0 Å². The molecule has 2 unspecified atom stereocenters. The Labute approximate surface area is 116 Å².